The number of aryl methyl sites for hydroxylation is 1. The summed E-state index contributed by atoms with van der Waals surface area (Å²) in [6.07, 6.45) is 6.31. The van der Waals surface area contributed by atoms with Gasteiger partial charge in [0.2, 0.25) is 0 Å². The Bertz CT molecular complexity index is 528. The van der Waals surface area contributed by atoms with Crippen molar-refractivity contribution in [1.29, 1.82) is 0 Å². The fraction of sp³-hybridized carbons (Fsp3) is 0.824. The van der Waals surface area contributed by atoms with E-state index in [1.807, 2.05) is 12.4 Å². The molecule has 1 spiro atoms. The zero-order valence-corrected chi connectivity index (χ0v) is 14.1. The highest BCUT2D eigenvalue weighted by Crippen LogP contribution is 2.35. The van der Waals surface area contributed by atoms with Crippen molar-refractivity contribution >= 4 is 0 Å². The van der Waals surface area contributed by atoms with Crippen LogP contribution in [0.15, 0.2) is 12.4 Å². The fourth-order valence-electron chi connectivity index (χ4n) is 4.31. The molecule has 0 bridgehead atoms. The standard InChI is InChI=1S/C17H28N4O2/c1-19-6-4-18-16(19)10-20-5-3-17(12-20)13-21(7-9-23-14-17)15-2-8-22-11-15/h4,6,15H,2-3,5,7-14H2,1H3. The lowest BCUT2D eigenvalue weighted by Crippen LogP contribution is -2.45. The van der Waals surface area contributed by atoms with Crippen LogP contribution in [0.3, 0.4) is 0 Å². The minimum absolute atomic E-state index is 0.282. The molecule has 1 aromatic rings. The summed E-state index contributed by atoms with van der Waals surface area (Å²) >= 11 is 0. The third-order valence-electron chi connectivity index (χ3n) is 5.70. The highest BCUT2D eigenvalue weighted by atomic mass is 16.5. The van der Waals surface area contributed by atoms with Crippen LogP contribution in [-0.4, -0.2) is 78.0 Å². The van der Waals surface area contributed by atoms with E-state index in [1.54, 1.807) is 0 Å². The van der Waals surface area contributed by atoms with Gasteiger partial charge in [0.15, 0.2) is 0 Å². The molecule has 4 rings (SSSR count). The summed E-state index contributed by atoms with van der Waals surface area (Å²) < 4.78 is 13.7. The molecule has 3 saturated heterocycles. The molecule has 6 nitrogen and oxygen atoms in total. The van der Waals surface area contributed by atoms with E-state index in [0.717, 1.165) is 65.0 Å². The van der Waals surface area contributed by atoms with Crippen molar-refractivity contribution < 1.29 is 9.47 Å². The smallest absolute Gasteiger partial charge is 0.122 e. The van der Waals surface area contributed by atoms with Gasteiger partial charge in [-0.2, -0.15) is 0 Å². The van der Waals surface area contributed by atoms with Crippen molar-refractivity contribution in [2.24, 2.45) is 12.5 Å². The van der Waals surface area contributed by atoms with Crippen LogP contribution in [0, 0.1) is 5.41 Å². The predicted octanol–water partition coefficient (Wildman–Crippen LogP) is 0.733. The second-order valence-electron chi connectivity index (χ2n) is 7.46. The van der Waals surface area contributed by atoms with Crippen LogP contribution in [0.25, 0.3) is 0 Å². The Labute approximate surface area is 138 Å². The Kier molecular flexibility index (Phi) is 4.41. The Morgan fingerprint density at radius 2 is 2.22 bits per heavy atom. The fourth-order valence-corrected chi connectivity index (χ4v) is 4.31. The molecule has 0 aliphatic carbocycles. The van der Waals surface area contributed by atoms with E-state index in [-0.39, 0.29) is 5.41 Å². The summed E-state index contributed by atoms with van der Waals surface area (Å²) in [6.45, 7) is 8.97. The van der Waals surface area contributed by atoms with Gasteiger partial charge in [0.05, 0.1) is 26.4 Å². The maximum absolute atomic E-state index is 6.00. The summed E-state index contributed by atoms with van der Waals surface area (Å²) in [7, 11) is 2.07. The number of nitrogens with zero attached hydrogens (tertiary/aromatic N) is 4. The van der Waals surface area contributed by atoms with E-state index < -0.39 is 0 Å². The maximum atomic E-state index is 6.00. The number of likely N-dealkylation sites (tertiary alicyclic amines) is 1. The summed E-state index contributed by atoms with van der Waals surface area (Å²) in [5, 5.41) is 0. The molecule has 2 atom stereocenters. The van der Waals surface area contributed by atoms with Crippen molar-refractivity contribution in [2.75, 3.05) is 52.6 Å². The van der Waals surface area contributed by atoms with E-state index in [0.29, 0.717) is 6.04 Å². The summed E-state index contributed by atoms with van der Waals surface area (Å²) in [5.41, 5.74) is 0.282. The first kappa shape index (κ1) is 15.6. The normalized spacial score (nSPS) is 33.5. The average molecular weight is 320 g/mol. The zero-order valence-electron chi connectivity index (χ0n) is 14.1. The van der Waals surface area contributed by atoms with Gasteiger partial charge in [-0.05, 0) is 19.4 Å². The second-order valence-corrected chi connectivity index (χ2v) is 7.46. The first-order chi connectivity index (χ1) is 11.2. The lowest BCUT2D eigenvalue weighted by molar-refractivity contribution is 0.0681. The van der Waals surface area contributed by atoms with E-state index in [1.165, 1.54) is 12.8 Å². The Hall–Kier alpha value is -0.950. The summed E-state index contributed by atoms with van der Waals surface area (Å²) in [4.78, 5) is 9.64. The van der Waals surface area contributed by atoms with Crippen LogP contribution in [0.5, 0.6) is 0 Å². The van der Waals surface area contributed by atoms with Gasteiger partial charge in [0, 0.05) is 57.1 Å². The molecule has 1 aromatic heterocycles. The van der Waals surface area contributed by atoms with Crippen LogP contribution in [0.1, 0.15) is 18.7 Å². The largest absolute Gasteiger partial charge is 0.380 e. The highest BCUT2D eigenvalue weighted by molar-refractivity contribution is 4.98. The molecule has 3 aliphatic rings. The van der Waals surface area contributed by atoms with Crippen LogP contribution in [0.4, 0.5) is 0 Å². The van der Waals surface area contributed by atoms with E-state index in [4.69, 9.17) is 9.47 Å². The first-order valence-corrected chi connectivity index (χ1v) is 8.82. The Morgan fingerprint density at radius 1 is 1.26 bits per heavy atom. The number of hydrogen-bond donors (Lipinski definition) is 0. The van der Waals surface area contributed by atoms with Crippen molar-refractivity contribution in [3.8, 4) is 0 Å². The van der Waals surface area contributed by atoms with E-state index >= 15 is 0 Å². The molecule has 0 saturated carbocycles. The number of ether oxygens (including phenoxy) is 2. The summed E-state index contributed by atoms with van der Waals surface area (Å²) in [5.74, 6) is 1.15. The molecule has 2 unspecified atom stereocenters. The maximum Gasteiger partial charge on any atom is 0.122 e. The SMILES string of the molecule is Cn1ccnc1CN1CCC2(COCCN(C3CCOC3)C2)C1. The number of aromatic nitrogens is 2. The molecule has 6 heteroatoms. The molecule has 0 aromatic carbocycles. The third kappa shape index (κ3) is 3.31. The topological polar surface area (TPSA) is 42.8 Å². The monoisotopic (exact) mass is 320 g/mol. The molecule has 128 valence electrons. The molecular weight excluding hydrogens is 292 g/mol. The predicted molar refractivity (Wildman–Crippen MR) is 87.2 cm³/mol. The van der Waals surface area contributed by atoms with Gasteiger partial charge < -0.3 is 14.0 Å². The van der Waals surface area contributed by atoms with Crippen LogP contribution in [-0.2, 0) is 23.1 Å². The summed E-state index contributed by atoms with van der Waals surface area (Å²) in [6, 6.07) is 0.595. The lowest BCUT2D eigenvalue weighted by atomic mass is 9.87. The Morgan fingerprint density at radius 3 is 3.00 bits per heavy atom. The minimum Gasteiger partial charge on any atom is -0.380 e. The number of imidazole rings is 1. The quantitative estimate of drug-likeness (QED) is 0.821. The van der Waals surface area contributed by atoms with Crippen molar-refractivity contribution in [3.63, 3.8) is 0 Å². The third-order valence-corrected chi connectivity index (χ3v) is 5.70. The lowest BCUT2D eigenvalue weighted by Gasteiger charge is -2.34. The molecule has 3 aliphatic heterocycles. The van der Waals surface area contributed by atoms with Crippen molar-refractivity contribution in [2.45, 2.75) is 25.4 Å². The minimum atomic E-state index is 0.282. The molecule has 23 heavy (non-hydrogen) atoms. The van der Waals surface area contributed by atoms with Gasteiger partial charge >= 0.3 is 0 Å². The average Bonchev–Trinajstić information content (AvgIpc) is 3.24. The van der Waals surface area contributed by atoms with Gasteiger partial charge in [0.25, 0.3) is 0 Å². The van der Waals surface area contributed by atoms with Gasteiger partial charge in [-0.3, -0.25) is 9.80 Å². The van der Waals surface area contributed by atoms with Gasteiger partial charge in [-0.15, -0.1) is 0 Å². The van der Waals surface area contributed by atoms with Gasteiger partial charge in [-0.25, -0.2) is 4.98 Å². The molecule has 3 fully saturated rings. The van der Waals surface area contributed by atoms with Crippen molar-refractivity contribution in [3.05, 3.63) is 18.2 Å². The number of rotatable bonds is 3. The molecular formula is C17H28N4O2. The van der Waals surface area contributed by atoms with Crippen LogP contribution in [0.2, 0.25) is 0 Å². The van der Waals surface area contributed by atoms with Crippen molar-refractivity contribution in [1.82, 2.24) is 19.4 Å². The van der Waals surface area contributed by atoms with Gasteiger partial charge in [-0.1, -0.05) is 0 Å². The molecule has 0 N–H and O–H groups in total. The van der Waals surface area contributed by atoms with Crippen LogP contribution < -0.4 is 0 Å². The Balaban J connectivity index is 1.41. The van der Waals surface area contributed by atoms with E-state index in [9.17, 15) is 0 Å². The van der Waals surface area contributed by atoms with Gasteiger partial charge in [0.1, 0.15) is 5.82 Å². The number of hydrogen-bond acceptors (Lipinski definition) is 5. The van der Waals surface area contributed by atoms with E-state index in [2.05, 4.69) is 26.4 Å². The first-order valence-electron chi connectivity index (χ1n) is 8.82. The highest BCUT2D eigenvalue weighted by Gasteiger charge is 2.42. The van der Waals surface area contributed by atoms with Crippen LogP contribution >= 0.6 is 0 Å². The second kappa shape index (κ2) is 6.51. The molecule has 0 amide bonds. The molecule has 0 radical (unpaired) electrons. The molecule has 4 heterocycles. The zero-order chi connectivity index (χ0) is 15.7.